The van der Waals surface area contributed by atoms with E-state index in [1.54, 1.807) is 16.7 Å². The second-order valence-electron chi connectivity index (χ2n) is 9.70. The standard InChI is InChI=1S/C30H31N7O2S/c1-2-22-20-26(39)37-27(21-7-4-3-5-8-21)28(40-30(37)33-22)25-11-12-31-29(34-25)32-23-9-6-10-24(19-23)36-15-13-35(14-16-36)17-18-38/h3-12,19-20,38H,2,13-18H2,1H3,(H,31,32,34). The number of aliphatic hydroxyl groups is 1. The fraction of sp³-hybridized carbons (Fsp3) is 0.267. The summed E-state index contributed by atoms with van der Waals surface area (Å²) in [5.74, 6) is 0.480. The van der Waals surface area contributed by atoms with Crippen LogP contribution in [-0.4, -0.2) is 68.7 Å². The Labute approximate surface area is 236 Å². The van der Waals surface area contributed by atoms with Gasteiger partial charge in [0.05, 0.1) is 22.9 Å². The molecule has 0 bridgehead atoms. The molecule has 6 rings (SSSR count). The van der Waals surface area contributed by atoms with Gasteiger partial charge in [0.1, 0.15) is 0 Å². The van der Waals surface area contributed by atoms with Gasteiger partial charge in [-0.1, -0.05) is 54.7 Å². The van der Waals surface area contributed by atoms with Gasteiger partial charge in [0.15, 0.2) is 4.96 Å². The lowest BCUT2D eigenvalue weighted by atomic mass is 10.1. The Kier molecular flexibility index (Phi) is 7.54. The number of aliphatic hydroxyl groups excluding tert-OH is 1. The SMILES string of the molecule is CCc1cc(=O)n2c(-c3ccccc3)c(-c3ccnc(Nc4cccc(N5CCN(CCO)CC5)c4)n3)sc2n1. The number of hydrogen-bond acceptors (Lipinski definition) is 9. The van der Waals surface area contributed by atoms with Crippen LogP contribution in [0.25, 0.3) is 26.8 Å². The van der Waals surface area contributed by atoms with Gasteiger partial charge in [0, 0.05) is 67.6 Å². The van der Waals surface area contributed by atoms with E-state index in [0.717, 1.165) is 71.6 Å². The number of anilines is 3. The van der Waals surface area contributed by atoms with Crippen molar-refractivity contribution in [1.29, 1.82) is 0 Å². The van der Waals surface area contributed by atoms with Gasteiger partial charge in [-0.25, -0.2) is 15.0 Å². The summed E-state index contributed by atoms with van der Waals surface area (Å²) in [5, 5.41) is 12.6. The molecule has 1 aliphatic heterocycles. The lowest BCUT2D eigenvalue weighted by Gasteiger charge is -2.35. The van der Waals surface area contributed by atoms with Crippen LogP contribution in [-0.2, 0) is 6.42 Å². The number of hydrogen-bond donors (Lipinski definition) is 2. The predicted molar refractivity (Wildman–Crippen MR) is 161 cm³/mol. The number of thiazole rings is 1. The summed E-state index contributed by atoms with van der Waals surface area (Å²) >= 11 is 1.46. The number of fused-ring (bicyclic) bond motifs is 1. The highest BCUT2D eigenvalue weighted by Gasteiger charge is 2.20. The van der Waals surface area contributed by atoms with Crippen molar-refractivity contribution in [2.45, 2.75) is 13.3 Å². The predicted octanol–water partition coefficient (Wildman–Crippen LogP) is 4.30. The zero-order valence-electron chi connectivity index (χ0n) is 22.3. The van der Waals surface area contributed by atoms with Crippen LogP contribution >= 0.6 is 11.3 Å². The molecule has 0 radical (unpaired) electrons. The summed E-state index contributed by atoms with van der Waals surface area (Å²) in [4.78, 5) is 33.4. The Morgan fingerprint density at radius 2 is 1.80 bits per heavy atom. The zero-order chi connectivity index (χ0) is 27.5. The van der Waals surface area contributed by atoms with Crippen LogP contribution in [0.5, 0.6) is 0 Å². The van der Waals surface area contributed by atoms with Gasteiger partial charge in [-0.15, -0.1) is 0 Å². The second-order valence-corrected chi connectivity index (χ2v) is 10.7. The number of piperazine rings is 1. The van der Waals surface area contributed by atoms with Crippen LogP contribution in [0.1, 0.15) is 12.6 Å². The van der Waals surface area contributed by atoms with Gasteiger partial charge in [-0.3, -0.25) is 14.1 Å². The van der Waals surface area contributed by atoms with Gasteiger partial charge in [0.25, 0.3) is 5.56 Å². The number of nitrogens with zero attached hydrogens (tertiary/aromatic N) is 6. The second kappa shape index (κ2) is 11.5. The first-order valence-electron chi connectivity index (χ1n) is 13.5. The van der Waals surface area contributed by atoms with Crippen LogP contribution in [0.15, 0.2) is 77.7 Å². The Morgan fingerprint density at radius 1 is 0.975 bits per heavy atom. The Balaban J connectivity index is 1.32. The van der Waals surface area contributed by atoms with Crippen LogP contribution in [0.2, 0.25) is 0 Å². The molecule has 0 aliphatic carbocycles. The molecule has 4 heterocycles. The first-order chi connectivity index (χ1) is 19.6. The molecule has 1 fully saturated rings. The van der Waals surface area contributed by atoms with Crippen molar-refractivity contribution in [1.82, 2.24) is 24.3 Å². The molecule has 0 atom stereocenters. The van der Waals surface area contributed by atoms with Crippen molar-refractivity contribution in [3.05, 3.63) is 89.0 Å². The van der Waals surface area contributed by atoms with E-state index in [9.17, 15) is 9.90 Å². The molecule has 9 nitrogen and oxygen atoms in total. The Hall–Kier alpha value is -4.12. The number of aromatic nitrogens is 4. The van der Waals surface area contributed by atoms with E-state index in [-0.39, 0.29) is 12.2 Å². The molecule has 0 amide bonds. The lowest BCUT2D eigenvalue weighted by molar-refractivity contribution is 0.189. The Morgan fingerprint density at radius 3 is 2.58 bits per heavy atom. The van der Waals surface area contributed by atoms with E-state index < -0.39 is 0 Å². The zero-order valence-corrected chi connectivity index (χ0v) is 23.1. The van der Waals surface area contributed by atoms with Crippen LogP contribution in [0, 0.1) is 0 Å². The smallest absolute Gasteiger partial charge is 0.259 e. The summed E-state index contributed by atoms with van der Waals surface area (Å²) in [6.45, 7) is 6.60. The lowest BCUT2D eigenvalue weighted by Crippen LogP contribution is -2.47. The fourth-order valence-corrected chi connectivity index (χ4v) is 6.20. The van der Waals surface area contributed by atoms with Gasteiger partial charge < -0.3 is 15.3 Å². The number of nitrogens with one attached hydrogen (secondary N) is 1. The quantitative estimate of drug-likeness (QED) is 0.294. The summed E-state index contributed by atoms with van der Waals surface area (Å²) in [5.41, 5.74) is 5.15. The molecule has 2 N–H and O–H groups in total. The highest BCUT2D eigenvalue weighted by Crippen LogP contribution is 2.37. The minimum absolute atomic E-state index is 0.0929. The summed E-state index contributed by atoms with van der Waals surface area (Å²) < 4.78 is 1.69. The van der Waals surface area contributed by atoms with Crippen molar-refractivity contribution < 1.29 is 5.11 Å². The molecule has 3 aromatic heterocycles. The number of rotatable bonds is 8. The van der Waals surface area contributed by atoms with E-state index in [2.05, 4.69) is 32.2 Å². The van der Waals surface area contributed by atoms with E-state index in [1.807, 2.05) is 55.5 Å². The first-order valence-corrected chi connectivity index (χ1v) is 14.3. The summed E-state index contributed by atoms with van der Waals surface area (Å²) in [6, 6.07) is 21.6. The van der Waals surface area contributed by atoms with Gasteiger partial charge >= 0.3 is 0 Å². The molecule has 0 saturated carbocycles. The van der Waals surface area contributed by atoms with E-state index in [4.69, 9.17) is 9.97 Å². The molecule has 2 aromatic carbocycles. The van der Waals surface area contributed by atoms with Crippen LogP contribution < -0.4 is 15.8 Å². The molecule has 1 saturated heterocycles. The average molecular weight is 554 g/mol. The van der Waals surface area contributed by atoms with Crippen molar-refractivity contribution in [3.63, 3.8) is 0 Å². The molecular formula is C30H31N7O2S. The molecule has 204 valence electrons. The summed E-state index contributed by atoms with van der Waals surface area (Å²) in [7, 11) is 0. The monoisotopic (exact) mass is 553 g/mol. The number of aryl methyl sites for hydroxylation is 1. The first kappa shape index (κ1) is 26.1. The molecule has 10 heteroatoms. The van der Waals surface area contributed by atoms with E-state index in [1.165, 1.54) is 11.3 Å². The normalized spacial score (nSPS) is 14.1. The van der Waals surface area contributed by atoms with E-state index >= 15 is 0 Å². The average Bonchev–Trinajstić information content (AvgIpc) is 3.39. The maximum absolute atomic E-state index is 13.2. The van der Waals surface area contributed by atoms with Gasteiger partial charge in [-0.2, -0.15) is 0 Å². The van der Waals surface area contributed by atoms with E-state index in [0.29, 0.717) is 17.3 Å². The third kappa shape index (κ3) is 5.33. The Bertz CT molecular complexity index is 1680. The number of benzene rings is 2. The van der Waals surface area contributed by atoms with Crippen molar-refractivity contribution >= 4 is 33.6 Å². The minimum Gasteiger partial charge on any atom is -0.395 e. The van der Waals surface area contributed by atoms with Crippen molar-refractivity contribution in [3.8, 4) is 21.8 Å². The highest BCUT2D eigenvalue weighted by molar-refractivity contribution is 7.20. The van der Waals surface area contributed by atoms with Crippen molar-refractivity contribution in [2.24, 2.45) is 0 Å². The molecular weight excluding hydrogens is 522 g/mol. The molecule has 1 aliphatic rings. The fourth-order valence-electron chi connectivity index (χ4n) is 5.06. The molecule has 40 heavy (non-hydrogen) atoms. The molecule has 5 aromatic rings. The van der Waals surface area contributed by atoms with Gasteiger partial charge in [-0.05, 0) is 30.7 Å². The minimum atomic E-state index is -0.0929. The van der Waals surface area contributed by atoms with Gasteiger partial charge in [0.2, 0.25) is 5.95 Å². The van der Waals surface area contributed by atoms with Crippen LogP contribution in [0.4, 0.5) is 17.3 Å². The third-order valence-corrected chi connectivity index (χ3v) is 8.19. The maximum Gasteiger partial charge on any atom is 0.259 e. The topological polar surface area (TPSA) is 98.9 Å². The highest BCUT2D eigenvalue weighted by atomic mass is 32.1. The summed E-state index contributed by atoms with van der Waals surface area (Å²) in [6.07, 6.45) is 2.43. The molecule has 0 spiro atoms. The number of β-amino-alcohol motifs (C(OH)–C–C–N with tert-alkyl or cyclic N) is 1. The largest absolute Gasteiger partial charge is 0.395 e. The van der Waals surface area contributed by atoms with Crippen molar-refractivity contribution in [2.75, 3.05) is 49.5 Å². The maximum atomic E-state index is 13.2. The molecule has 0 unspecified atom stereocenters. The third-order valence-electron chi connectivity index (χ3n) is 7.13. The van der Waals surface area contributed by atoms with Crippen LogP contribution in [0.3, 0.4) is 0 Å².